The second-order valence-electron chi connectivity index (χ2n) is 6.07. The molecule has 0 fully saturated rings. The molecule has 1 N–H and O–H groups in total. The zero-order valence-corrected chi connectivity index (χ0v) is 14.8. The van der Waals surface area contributed by atoms with Crippen LogP contribution in [-0.4, -0.2) is 21.7 Å². The van der Waals surface area contributed by atoms with Gasteiger partial charge >= 0.3 is 5.97 Å². The van der Waals surface area contributed by atoms with Gasteiger partial charge in [-0.2, -0.15) is 0 Å². The number of ether oxygens (including phenoxy) is 1. The highest BCUT2D eigenvalue weighted by molar-refractivity contribution is 6.31. The van der Waals surface area contributed by atoms with E-state index >= 15 is 0 Å². The number of halogens is 1. The fourth-order valence-corrected chi connectivity index (χ4v) is 2.78. The van der Waals surface area contributed by atoms with Crippen molar-refractivity contribution in [2.75, 3.05) is 0 Å². The van der Waals surface area contributed by atoms with Crippen molar-refractivity contribution in [3.05, 3.63) is 58.5 Å². The van der Waals surface area contributed by atoms with Gasteiger partial charge in [0, 0.05) is 29.0 Å². The Kier molecular flexibility index (Phi) is 4.59. The summed E-state index contributed by atoms with van der Waals surface area (Å²) in [4.78, 5) is 31.6. The van der Waals surface area contributed by atoms with Crippen molar-refractivity contribution < 1.29 is 14.3 Å². The van der Waals surface area contributed by atoms with Crippen molar-refractivity contribution in [1.29, 1.82) is 0 Å². The van der Waals surface area contributed by atoms with Crippen molar-refractivity contribution in [1.82, 2.24) is 9.97 Å². The zero-order chi connectivity index (χ0) is 18.1. The summed E-state index contributed by atoms with van der Waals surface area (Å²) in [6.07, 6.45) is 1.60. The van der Waals surface area contributed by atoms with Crippen molar-refractivity contribution in [2.24, 2.45) is 0 Å². The summed E-state index contributed by atoms with van der Waals surface area (Å²) < 4.78 is 5.30. The van der Waals surface area contributed by atoms with Crippen LogP contribution in [-0.2, 0) is 4.79 Å². The van der Waals surface area contributed by atoms with Crippen LogP contribution in [0.5, 0.6) is 5.75 Å². The molecule has 25 heavy (non-hydrogen) atoms. The zero-order valence-electron chi connectivity index (χ0n) is 14.1. The minimum absolute atomic E-state index is 0.173. The van der Waals surface area contributed by atoms with Gasteiger partial charge in [0.05, 0.1) is 0 Å². The quantitative estimate of drug-likeness (QED) is 0.552. The molecule has 1 aromatic carbocycles. The molecule has 0 saturated heterocycles. The molecule has 0 unspecified atom stereocenters. The monoisotopic (exact) mass is 356 g/mol. The number of rotatable bonds is 4. The van der Waals surface area contributed by atoms with Gasteiger partial charge in [0.2, 0.25) is 5.78 Å². The number of ketones is 1. The number of pyridine rings is 1. The molecule has 2 aromatic heterocycles. The molecule has 0 radical (unpaired) electrons. The highest BCUT2D eigenvalue weighted by atomic mass is 35.5. The Labute approximate surface area is 150 Å². The molecule has 128 valence electrons. The van der Waals surface area contributed by atoms with Gasteiger partial charge in [0.25, 0.3) is 0 Å². The number of esters is 1. The van der Waals surface area contributed by atoms with Crippen molar-refractivity contribution in [2.45, 2.75) is 26.7 Å². The van der Waals surface area contributed by atoms with Gasteiger partial charge in [-0.1, -0.05) is 25.4 Å². The van der Waals surface area contributed by atoms with E-state index in [4.69, 9.17) is 16.3 Å². The van der Waals surface area contributed by atoms with Gasteiger partial charge in [-0.15, -0.1) is 0 Å². The number of nitrogens with zero attached hydrogens (tertiary/aromatic N) is 1. The molecular weight excluding hydrogens is 340 g/mol. The van der Waals surface area contributed by atoms with Crippen LogP contribution in [0.15, 0.2) is 36.5 Å². The Bertz CT molecular complexity index is 976. The summed E-state index contributed by atoms with van der Waals surface area (Å²) in [5.74, 6) is -0.416. The molecule has 0 aliphatic heterocycles. The summed E-state index contributed by atoms with van der Waals surface area (Å²) in [6, 6.07) is 8.71. The van der Waals surface area contributed by atoms with Gasteiger partial charge in [-0.25, -0.2) is 0 Å². The average molecular weight is 357 g/mol. The Morgan fingerprint density at radius 2 is 1.96 bits per heavy atom. The molecule has 3 rings (SSSR count). The summed E-state index contributed by atoms with van der Waals surface area (Å²) in [5.41, 5.74) is 2.13. The van der Waals surface area contributed by atoms with E-state index in [0.717, 1.165) is 5.56 Å². The number of benzene rings is 1. The van der Waals surface area contributed by atoms with Crippen LogP contribution in [0.4, 0.5) is 0 Å². The third-order valence-electron chi connectivity index (χ3n) is 3.87. The van der Waals surface area contributed by atoms with Crippen LogP contribution < -0.4 is 4.74 Å². The second-order valence-corrected chi connectivity index (χ2v) is 6.51. The number of H-pyrrole nitrogens is 1. The Balaban J connectivity index is 2.15. The van der Waals surface area contributed by atoms with Crippen LogP contribution >= 0.6 is 11.6 Å². The maximum absolute atomic E-state index is 13.0. The smallest absolute Gasteiger partial charge is 0.308 e. The van der Waals surface area contributed by atoms with Crippen molar-refractivity contribution in [3.63, 3.8) is 0 Å². The number of aromatic amines is 1. The molecule has 0 aliphatic carbocycles. The Morgan fingerprint density at radius 1 is 1.20 bits per heavy atom. The second kappa shape index (κ2) is 6.69. The normalized spacial score (nSPS) is 11.1. The lowest BCUT2D eigenvalue weighted by Gasteiger charge is -2.07. The SMILES string of the molecule is CC(=O)Oc1c(C(=O)c2cc(C(C)C)ccn2)[nH]c2ccc(Cl)cc12. The first-order valence-electron chi connectivity index (χ1n) is 7.87. The van der Waals surface area contributed by atoms with Crippen LogP contribution in [0.1, 0.15) is 48.4 Å². The van der Waals surface area contributed by atoms with Crippen molar-refractivity contribution in [3.8, 4) is 5.75 Å². The van der Waals surface area contributed by atoms with E-state index in [2.05, 4.69) is 9.97 Å². The van der Waals surface area contributed by atoms with E-state index in [-0.39, 0.29) is 28.8 Å². The third kappa shape index (κ3) is 3.42. The molecule has 0 spiro atoms. The standard InChI is InChI=1S/C19H17ClN2O3/c1-10(2)12-6-7-21-16(8-12)18(24)17-19(25-11(3)23)14-9-13(20)4-5-15(14)22-17/h4-10,22H,1-3H3. The molecule has 6 heteroatoms. The molecule has 3 aromatic rings. The maximum Gasteiger partial charge on any atom is 0.308 e. The highest BCUT2D eigenvalue weighted by Gasteiger charge is 2.23. The van der Waals surface area contributed by atoms with Gasteiger partial charge in [-0.3, -0.25) is 14.6 Å². The van der Waals surface area contributed by atoms with Gasteiger partial charge in [0.15, 0.2) is 5.75 Å². The fraction of sp³-hybridized carbons (Fsp3) is 0.211. The number of carbonyl (C=O) groups excluding carboxylic acids is 2. The predicted octanol–water partition coefficient (Wildman–Crippen LogP) is 4.50. The summed E-state index contributed by atoms with van der Waals surface area (Å²) in [6.45, 7) is 5.37. The molecular formula is C19H17ClN2O3. The van der Waals surface area contributed by atoms with Crippen LogP contribution in [0.3, 0.4) is 0 Å². The fourth-order valence-electron chi connectivity index (χ4n) is 2.61. The first-order valence-corrected chi connectivity index (χ1v) is 8.25. The average Bonchev–Trinajstić information content (AvgIpc) is 2.91. The lowest BCUT2D eigenvalue weighted by atomic mass is 10.0. The van der Waals surface area contributed by atoms with Gasteiger partial charge in [0.1, 0.15) is 11.4 Å². The molecule has 0 atom stereocenters. The van der Waals surface area contributed by atoms with Crippen LogP contribution in [0.2, 0.25) is 5.02 Å². The molecule has 0 bridgehead atoms. The van der Waals surface area contributed by atoms with E-state index in [1.54, 1.807) is 30.5 Å². The number of hydrogen-bond donors (Lipinski definition) is 1. The van der Waals surface area contributed by atoms with Gasteiger partial charge < -0.3 is 9.72 Å². The van der Waals surface area contributed by atoms with Crippen LogP contribution in [0.25, 0.3) is 10.9 Å². The third-order valence-corrected chi connectivity index (χ3v) is 4.10. The van der Waals surface area contributed by atoms with E-state index < -0.39 is 5.97 Å². The first kappa shape index (κ1) is 17.2. The molecule has 2 heterocycles. The number of carbonyl (C=O) groups is 2. The predicted molar refractivity (Wildman–Crippen MR) is 96.4 cm³/mol. The lowest BCUT2D eigenvalue weighted by molar-refractivity contribution is -0.131. The Hall–Kier alpha value is -2.66. The minimum atomic E-state index is -0.515. The number of hydrogen-bond acceptors (Lipinski definition) is 4. The maximum atomic E-state index is 13.0. The van der Waals surface area contributed by atoms with E-state index in [1.165, 1.54) is 6.92 Å². The first-order chi connectivity index (χ1) is 11.9. The highest BCUT2D eigenvalue weighted by Crippen LogP contribution is 2.33. The summed E-state index contributed by atoms with van der Waals surface area (Å²) >= 11 is 6.04. The summed E-state index contributed by atoms with van der Waals surface area (Å²) in [5, 5.41) is 1.06. The molecule has 5 nitrogen and oxygen atoms in total. The molecule has 0 saturated carbocycles. The largest absolute Gasteiger partial charge is 0.424 e. The molecule has 0 amide bonds. The molecule has 0 aliphatic rings. The van der Waals surface area contributed by atoms with Crippen molar-refractivity contribution >= 4 is 34.3 Å². The van der Waals surface area contributed by atoms with E-state index in [9.17, 15) is 9.59 Å². The Morgan fingerprint density at radius 3 is 2.64 bits per heavy atom. The van der Waals surface area contributed by atoms with E-state index in [0.29, 0.717) is 15.9 Å². The number of nitrogens with one attached hydrogen (secondary N) is 1. The van der Waals surface area contributed by atoms with Gasteiger partial charge in [-0.05, 0) is 41.8 Å². The number of fused-ring (bicyclic) bond motifs is 1. The van der Waals surface area contributed by atoms with Crippen LogP contribution in [0, 0.1) is 0 Å². The summed E-state index contributed by atoms with van der Waals surface area (Å²) in [7, 11) is 0. The topological polar surface area (TPSA) is 72.1 Å². The van der Waals surface area contributed by atoms with E-state index in [1.807, 2.05) is 19.9 Å². The lowest BCUT2D eigenvalue weighted by Crippen LogP contribution is -2.10. The number of aromatic nitrogens is 2. The minimum Gasteiger partial charge on any atom is -0.424 e.